The number of hydrogen-bond donors (Lipinski definition) is 0. The highest BCUT2D eigenvalue weighted by Gasteiger charge is 1.99. The Kier molecular flexibility index (Phi) is 4.27. The van der Waals surface area contributed by atoms with E-state index in [4.69, 9.17) is 16.3 Å². The summed E-state index contributed by atoms with van der Waals surface area (Å²) in [6, 6.07) is 14.2. The molecule has 94 valence electrons. The Hall–Kier alpha value is -1.47. The third-order valence-electron chi connectivity index (χ3n) is 2.97. The molecule has 1 nitrogen and oxygen atoms in total. The first kappa shape index (κ1) is 13.0. The standard InChI is InChI=1S/C16H17ClO/c1-3-13-6-8-15(9-7-13)18-11-14-5-4-12(2)16(17)10-14/h4-10H,3,11H2,1-2H3. The average Bonchev–Trinajstić information content (AvgIpc) is 2.41. The van der Waals surface area contributed by atoms with Gasteiger partial charge in [0, 0.05) is 5.02 Å². The van der Waals surface area contributed by atoms with E-state index in [2.05, 4.69) is 19.1 Å². The van der Waals surface area contributed by atoms with Crippen molar-refractivity contribution in [3.63, 3.8) is 0 Å². The lowest BCUT2D eigenvalue weighted by atomic mass is 10.1. The van der Waals surface area contributed by atoms with Crippen LogP contribution in [0.2, 0.25) is 5.02 Å². The van der Waals surface area contributed by atoms with Gasteiger partial charge in [-0.1, -0.05) is 42.8 Å². The summed E-state index contributed by atoms with van der Waals surface area (Å²) in [5.74, 6) is 0.892. The van der Waals surface area contributed by atoms with Crippen LogP contribution in [0.25, 0.3) is 0 Å². The van der Waals surface area contributed by atoms with Gasteiger partial charge < -0.3 is 4.74 Å². The fraction of sp³-hybridized carbons (Fsp3) is 0.250. The van der Waals surface area contributed by atoms with Crippen LogP contribution in [0.4, 0.5) is 0 Å². The third kappa shape index (κ3) is 3.27. The number of benzene rings is 2. The van der Waals surface area contributed by atoms with Crippen LogP contribution in [-0.2, 0) is 13.0 Å². The lowest BCUT2D eigenvalue weighted by molar-refractivity contribution is 0.306. The second-order valence-corrected chi connectivity index (χ2v) is 4.78. The molecule has 2 aromatic rings. The van der Waals surface area contributed by atoms with Crippen molar-refractivity contribution in [3.8, 4) is 5.75 Å². The van der Waals surface area contributed by atoms with Gasteiger partial charge in [-0.15, -0.1) is 0 Å². The molecule has 0 unspecified atom stereocenters. The molecule has 0 aliphatic carbocycles. The summed E-state index contributed by atoms with van der Waals surface area (Å²) in [6.07, 6.45) is 1.05. The highest BCUT2D eigenvalue weighted by Crippen LogP contribution is 2.19. The highest BCUT2D eigenvalue weighted by molar-refractivity contribution is 6.31. The van der Waals surface area contributed by atoms with Crippen LogP contribution in [0.1, 0.15) is 23.6 Å². The summed E-state index contributed by atoms with van der Waals surface area (Å²) < 4.78 is 5.73. The SMILES string of the molecule is CCc1ccc(OCc2ccc(C)c(Cl)c2)cc1. The van der Waals surface area contributed by atoms with Crippen molar-refractivity contribution in [2.24, 2.45) is 0 Å². The molecule has 2 heteroatoms. The summed E-state index contributed by atoms with van der Waals surface area (Å²) in [4.78, 5) is 0. The normalized spacial score (nSPS) is 10.4. The van der Waals surface area contributed by atoms with Gasteiger partial charge in [0.2, 0.25) is 0 Å². The molecule has 0 bridgehead atoms. The van der Waals surface area contributed by atoms with Crippen LogP contribution in [0.15, 0.2) is 42.5 Å². The second kappa shape index (κ2) is 5.92. The van der Waals surface area contributed by atoms with Crippen LogP contribution in [0.5, 0.6) is 5.75 Å². The molecule has 0 amide bonds. The molecule has 0 fully saturated rings. The second-order valence-electron chi connectivity index (χ2n) is 4.37. The quantitative estimate of drug-likeness (QED) is 0.768. The van der Waals surface area contributed by atoms with Crippen molar-refractivity contribution in [3.05, 3.63) is 64.2 Å². The zero-order valence-corrected chi connectivity index (χ0v) is 11.5. The molecule has 0 heterocycles. The van der Waals surface area contributed by atoms with Crippen molar-refractivity contribution in [1.82, 2.24) is 0 Å². The third-order valence-corrected chi connectivity index (χ3v) is 3.38. The van der Waals surface area contributed by atoms with Gasteiger partial charge in [-0.05, 0) is 48.2 Å². The van der Waals surface area contributed by atoms with Crippen LogP contribution in [0.3, 0.4) is 0 Å². The van der Waals surface area contributed by atoms with Crippen molar-refractivity contribution >= 4 is 11.6 Å². The Balaban J connectivity index is 1.99. The maximum absolute atomic E-state index is 6.08. The van der Waals surface area contributed by atoms with E-state index in [1.807, 2.05) is 37.3 Å². The Bertz CT molecular complexity index is 517. The maximum Gasteiger partial charge on any atom is 0.119 e. The Morgan fingerprint density at radius 2 is 1.67 bits per heavy atom. The Morgan fingerprint density at radius 3 is 2.28 bits per heavy atom. The van der Waals surface area contributed by atoms with Crippen molar-refractivity contribution < 1.29 is 4.74 Å². The minimum atomic E-state index is 0.547. The fourth-order valence-electron chi connectivity index (χ4n) is 1.71. The number of ether oxygens (including phenoxy) is 1. The van der Waals surface area contributed by atoms with Crippen LogP contribution < -0.4 is 4.74 Å². The number of hydrogen-bond acceptors (Lipinski definition) is 1. The fourth-order valence-corrected chi connectivity index (χ4v) is 1.92. The molecular weight excluding hydrogens is 244 g/mol. The molecule has 0 saturated carbocycles. The molecule has 0 aliphatic rings. The summed E-state index contributed by atoms with van der Waals surface area (Å²) in [5, 5.41) is 0.789. The van der Waals surface area contributed by atoms with E-state index in [9.17, 15) is 0 Å². The lowest BCUT2D eigenvalue weighted by Crippen LogP contribution is -1.96. The van der Waals surface area contributed by atoms with Gasteiger partial charge in [0.1, 0.15) is 12.4 Å². The smallest absolute Gasteiger partial charge is 0.119 e. The molecule has 0 saturated heterocycles. The van der Waals surface area contributed by atoms with Gasteiger partial charge in [0.25, 0.3) is 0 Å². The van der Waals surface area contributed by atoms with E-state index in [1.165, 1.54) is 5.56 Å². The monoisotopic (exact) mass is 260 g/mol. The molecule has 0 atom stereocenters. The number of halogens is 1. The van der Waals surface area contributed by atoms with E-state index in [0.29, 0.717) is 6.61 Å². The molecule has 0 aromatic heterocycles. The summed E-state index contributed by atoms with van der Waals surface area (Å²) in [7, 11) is 0. The van der Waals surface area contributed by atoms with Gasteiger partial charge in [-0.3, -0.25) is 0 Å². The highest BCUT2D eigenvalue weighted by atomic mass is 35.5. The number of aryl methyl sites for hydroxylation is 2. The van der Waals surface area contributed by atoms with Gasteiger partial charge in [0.15, 0.2) is 0 Å². The minimum Gasteiger partial charge on any atom is -0.489 e. The van der Waals surface area contributed by atoms with E-state index in [1.54, 1.807) is 0 Å². The van der Waals surface area contributed by atoms with E-state index >= 15 is 0 Å². The Labute approximate surface area is 113 Å². The van der Waals surface area contributed by atoms with Crippen molar-refractivity contribution in [2.45, 2.75) is 26.9 Å². The predicted molar refractivity (Wildman–Crippen MR) is 76.3 cm³/mol. The van der Waals surface area contributed by atoms with E-state index in [-0.39, 0.29) is 0 Å². The average molecular weight is 261 g/mol. The van der Waals surface area contributed by atoms with Gasteiger partial charge in [0.05, 0.1) is 0 Å². The molecule has 0 N–H and O–H groups in total. The molecular formula is C16H17ClO. The van der Waals surface area contributed by atoms with Gasteiger partial charge in [-0.2, -0.15) is 0 Å². The largest absolute Gasteiger partial charge is 0.489 e. The first-order valence-corrected chi connectivity index (χ1v) is 6.53. The Morgan fingerprint density at radius 1 is 1.00 bits per heavy atom. The van der Waals surface area contributed by atoms with Crippen molar-refractivity contribution in [2.75, 3.05) is 0 Å². The van der Waals surface area contributed by atoms with E-state index < -0.39 is 0 Å². The van der Waals surface area contributed by atoms with Crippen molar-refractivity contribution in [1.29, 1.82) is 0 Å². The number of rotatable bonds is 4. The predicted octanol–water partition coefficient (Wildman–Crippen LogP) is 4.79. The van der Waals surface area contributed by atoms with Gasteiger partial charge in [-0.25, -0.2) is 0 Å². The lowest BCUT2D eigenvalue weighted by Gasteiger charge is -2.08. The molecule has 2 rings (SSSR count). The van der Waals surface area contributed by atoms with Crippen LogP contribution in [0, 0.1) is 6.92 Å². The van der Waals surface area contributed by atoms with Gasteiger partial charge >= 0.3 is 0 Å². The summed E-state index contributed by atoms with van der Waals surface area (Å²) in [6.45, 7) is 4.69. The first-order chi connectivity index (χ1) is 8.69. The zero-order valence-electron chi connectivity index (χ0n) is 10.7. The van der Waals surface area contributed by atoms with Crippen LogP contribution >= 0.6 is 11.6 Å². The minimum absolute atomic E-state index is 0.547. The molecule has 0 radical (unpaired) electrons. The topological polar surface area (TPSA) is 9.23 Å². The molecule has 2 aromatic carbocycles. The summed E-state index contributed by atoms with van der Waals surface area (Å²) in [5.41, 5.74) is 3.50. The molecule has 0 aliphatic heterocycles. The first-order valence-electron chi connectivity index (χ1n) is 6.16. The summed E-state index contributed by atoms with van der Waals surface area (Å²) >= 11 is 6.08. The van der Waals surface area contributed by atoms with E-state index in [0.717, 1.165) is 28.3 Å². The zero-order chi connectivity index (χ0) is 13.0. The molecule has 0 spiro atoms. The van der Waals surface area contributed by atoms with Crippen LogP contribution in [-0.4, -0.2) is 0 Å². The maximum atomic E-state index is 6.08. The molecule has 18 heavy (non-hydrogen) atoms.